The molecule has 1 aromatic heterocycles. The third-order valence-corrected chi connectivity index (χ3v) is 8.36. The van der Waals surface area contributed by atoms with Gasteiger partial charge < -0.3 is 14.5 Å². The first-order valence-corrected chi connectivity index (χ1v) is 12.6. The molecule has 180 valence electrons. The van der Waals surface area contributed by atoms with Crippen molar-refractivity contribution in [3.63, 3.8) is 0 Å². The lowest BCUT2D eigenvalue weighted by Gasteiger charge is -2.35. The summed E-state index contributed by atoms with van der Waals surface area (Å²) in [6.45, 7) is 2.19. The van der Waals surface area contributed by atoms with Crippen LogP contribution in [-0.2, 0) is 35.5 Å². The number of esters is 2. The number of carbonyl (C=O) groups is 2. The number of para-hydroxylation sites is 1. The van der Waals surface area contributed by atoms with E-state index in [1.165, 1.54) is 18.5 Å². The maximum absolute atomic E-state index is 13.7. The van der Waals surface area contributed by atoms with Crippen molar-refractivity contribution in [1.82, 2.24) is 9.29 Å². The van der Waals surface area contributed by atoms with Gasteiger partial charge in [0.25, 0.3) is 0 Å². The van der Waals surface area contributed by atoms with Crippen LogP contribution in [0.15, 0.2) is 53.4 Å². The predicted molar refractivity (Wildman–Crippen MR) is 127 cm³/mol. The Balaban J connectivity index is 1.76. The molecule has 1 aliphatic heterocycles. The average Bonchev–Trinajstić information content (AvgIpc) is 3.23. The number of methoxy groups -OCH3 is 2. The Morgan fingerprint density at radius 1 is 1.06 bits per heavy atom. The molecule has 8 nitrogen and oxygen atoms in total. The number of aromatic amines is 1. The number of rotatable bonds is 7. The van der Waals surface area contributed by atoms with Crippen LogP contribution >= 0.6 is 0 Å². The minimum Gasteiger partial charge on any atom is -0.468 e. The Labute approximate surface area is 198 Å². The molecule has 0 spiro atoms. The van der Waals surface area contributed by atoms with Crippen LogP contribution in [-0.4, -0.2) is 50.4 Å². The van der Waals surface area contributed by atoms with Crippen molar-refractivity contribution in [2.45, 2.75) is 37.1 Å². The van der Waals surface area contributed by atoms with E-state index >= 15 is 0 Å². The van der Waals surface area contributed by atoms with Gasteiger partial charge in [-0.05, 0) is 49.9 Å². The van der Waals surface area contributed by atoms with Crippen LogP contribution in [0.25, 0.3) is 10.9 Å². The molecule has 9 heteroatoms. The number of aryl methyl sites for hydroxylation is 1. The van der Waals surface area contributed by atoms with Gasteiger partial charge in [0, 0.05) is 23.1 Å². The van der Waals surface area contributed by atoms with E-state index in [4.69, 9.17) is 9.47 Å². The van der Waals surface area contributed by atoms with Gasteiger partial charge in [0.2, 0.25) is 10.0 Å². The molecule has 34 heavy (non-hydrogen) atoms. The van der Waals surface area contributed by atoms with Gasteiger partial charge in [-0.1, -0.05) is 35.9 Å². The first-order valence-electron chi connectivity index (χ1n) is 11.1. The van der Waals surface area contributed by atoms with E-state index in [0.29, 0.717) is 6.42 Å². The third-order valence-electron chi connectivity index (χ3n) is 6.44. The number of sulfonamides is 1. The fourth-order valence-electron chi connectivity index (χ4n) is 4.66. The maximum Gasteiger partial charge on any atom is 0.320 e. The number of ether oxygens (including phenoxy) is 2. The number of benzene rings is 2. The zero-order chi connectivity index (χ0) is 24.5. The number of aromatic nitrogens is 1. The molecule has 2 aromatic carbocycles. The highest BCUT2D eigenvalue weighted by Crippen LogP contribution is 2.40. The standard InChI is InChI=1S/C25H28N2O6S/c1-16-8-10-17(11-9-16)34(30,31)27-15-14-19-18-6-4-5-7-21(18)26-23(19)22(27)13-12-20(24(28)32-2)25(29)33-3/h4-11,20,22,26H,12-15H2,1-3H3/t22-/m0/s1. The number of hydrogen-bond donors (Lipinski definition) is 1. The summed E-state index contributed by atoms with van der Waals surface area (Å²) >= 11 is 0. The van der Waals surface area contributed by atoms with Gasteiger partial charge >= 0.3 is 11.9 Å². The molecule has 3 aromatic rings. The van der Waals surface area contributed by atoms with Crippen LogP contribution in [0.5, 0.6) is 0 Å². The SMILES string of the molecule is COC(=O)C(CC[C@H]1c2[nH]c3ccccc3c2CCN1S(=O)(=O)c1ccc(C)cc1)C(=O)OC. The van der Waals surface area contributed by atoms with Crippen molar-refractivity contribution in [2.24, 2.45) is 5.92 Å². The molecule has 1 N–H and O–H groups in total. The highest BCUT2D eigenvalue weighted by molar-refractivity contribution is 7.89. The minimum atomic E-state index is -3.83. The summed E-state index contributed by atoms with van der Waals surface area (Å²) in [7, 11) is -1.40. The summed E-state index contributed by atoms with van der Waals surface area (Å²) in [5.41, 5.74) is 3.73. The molecule has 0 saturated heterocycles. The molecule has 1 atom stereocenters. The highest BCUT2D eigenvalue weighted by atomic mass is 32.2. The van der Waals surface area contributed by atoms with E-state index < -0.39 is 33.9 Å². The van der Waals surface area contributed by atoms with Crippen LogP contribution in [0.4, 0.5) is 0 Å². The molecule has 4 rings (SSSR count). The van der Waals surface area contributed by atoms with Crippen LogP contribution in [0, 0.1) is 12.8 Å². The fraction of sp³-hybridized carbons (Fsp3) is 0.360. The second-order valence-electron chi connectivity index (χ2n) is 8.43. The maximum atomic E-state index is 13.7. The van der Waals surface area contributed by atoms with E-state index in [-0.39, 0.29) is 24.3 Å². The van der Waals surface area contributed by atoms with Crippen molar-refractivity contribution < 1.29 is 27.5 Å². The Morgan fingerprint density at radius 3 is 2.35 bits per heavy atom. The molecule has 0 fully saturated rings. The molecule has 0 radical (unpaired) electrons. The van der Waals surface area contributed by atoms with E-state index in [0.717, 1.165) is 27.7 Å². The lowest BCUT2D eigenvalue weighted by atomic mass is 9.93. The summed E-state index contributed by atoms with van der Waals surface area (Å²) in [6.07, 6.45) is 0.872. The number of nitrogens with zero attached hydrogens (tertiary/aromatic N) is 1. The second-order valence-corrected chi connectivity index (χ2v) is 10.3. The van der Waals surface area contributed by atoms with E-state index in [2.05, 4.69) is 4.98 Å². The lowest BCUT2D eigenvalue weighted by Crippen LogP contribution is -2.40. The quantitative estimate of drug-likeness (QED) is 0.406. The summed E-state index contributed by atoms with van der Waals surface area (Å²) in [5.74, 6) is -2.53. The molecule has 0 aliphatic carbocycles. The van der Waals surface area contributed by atoms with E-state index in [1.54, 1.807) is 24.3 Å². The van der Waals surface area contributed by atoms with Gasteiger partial charge in [-0.15, -0.1) is 0 Å². The van der Waals surface area contributed by atoms with Gasteiger partial charge in [0.15, 0.2) is 5.92 Å². The molecule has 1 aliphatic rings. The van der Waals surface area contributed by atoms with Gasteiger partial charge in [-0.25, -0.2) is 8.42 Å². The minimum absolute atomic E-state index is 0.0821. The highest BCUT2D eigenvalue weighted by Gasteiger charge is 2.40. The average molecular weight is 485 g/mol. The van der Waals surface area contributed by atoms with Crippen molar-refractivity contribution >= 4 is 32.9 Å². The van der Waals surface area contributed by atoms with Gasteiger partial charge in [-0.2, -0.15) is 4.31 Å². The molecule has 0 amide bonds. The molecular weight excluding hydrogens is 456 g/mol. The summed E-state index contributed by atoms with van der Waals surface area (Å²) < 4.78 is 38.4. The van der Waals surface area contributed by atoms with Crippen molar-refractivity contribution in [3.05, 3.63) is 65.4 Å². The topological polar surface area (TPSA) is 106 Å². The summed E-state index contributed by atoms with van der Waals surface area (Å²) in [6, 6.07) is 14.0. The molecule has 0 unspecified atom stereocenters. The summed E-state index contributed by atoms with van der Waals surface area (Å²) in [4.78, 5) is 28.1. The number of H-pyrrole nitrogens is 1. The Morgan fingerprint density at radius 2 is 1.71 bits per heavy atom. The fourth-order valence-corrected chi connectivity index (χ4v) is 6.29. The van der Waals surface area contributed by atoms with E-state index in [1.807, 2.05) is 31.2 Å². The smallest absolute Gasteiger partial charge is 0.320 e. The molecule has 0 bridgehead atoms. The second kappa shape index (κ2) is 9.60. The first kappa shape index (κ1) is 24.0. The van der Waals surface area contributed by atoms with Crippen LogP contribution in [0.1, 0.15) is 35.7 Å². The monoisotopic (exact) mass is 484 g/mol. The zero-order valence-corrected chi connectivity index (χ0v) is 20.2. The van der Waals surface area contributed by atoms with Crippen molar-refractivity contribution in [3.8, 4) is 0 Å². The lowest BCUT2D eigenvalue weighted by molar-refractivity contribution is -0.159. The molecular formula is C25H28N2O6S. The largest absolute Gasteiger partial charge is 0.468 e. The zero-order valence-electron chi connectivity index (χ0n) is 19.4. The summed E-state index contributed by atoms with van der Waals surface area (Å²) in [5, 5.41) is 1.05. The van der Waals surface area contributed by atoms with Crippen LogP contribution < -0.4 is 0 Å². The van der Waals surface area contributed by atoms with Gasteiger partial charge in [-0.3, -0.25) is 9.59 Å². The number of fused-ring (bicyclic) bond motifs is 3. The molecule has 0 saturated carbocycles. The predicted octanol–water partition coefficient (Wildman–Crippen LogP) is 3.51. The van der Waals surface area contributed by atoms with E-state index in [9.17, 15) is 18.0 Å². The van der Waals surface area contributed by atoms with Crippen LogP contribution in [0.2, 0.25) is 0 Å². The third kappa shape index (κ3) is 4.33. The normalized spacial score (nSPS) is 16.4. The number of carbonyl (C=O) groups excluding carboxylic acids is 2. The Bertz CT molecular complexity index is 1300. The number of hydrogen-bond acceptors (Lipinski definition) is 6. The number of nitrogens with one attached hydrogen (secondary N) is 1. The van der Waals surface area contributed by atoms with Crippen molar-refractivity contribution in [2.75, 3.05) is 20.8 Å². The van der Waals surface area contributed by atoms with Gasteiger partial charge in [0.05, 0.1) is 25.2 Å². The molecule has 2 heterocycles. The Kier molecular flexibility index (Phi) is 6.77. The Hall–Kier alpha value is -3.17. The van der Waals surface area contributed by atoms with Gasteiger partial charge in [0.1, 0.15) is 0 Å². The van der Waals surface area contributed by atoms with Crippen molar-refractivity contribution in [1.29, 1.82) is 0 Å². The van der Waals surface area contributed by atoms with Crippen LogP contribution in [0.3, 0.4) is 0 Å². The first-order chi connectivity index (χ1) is 16.3.